The van der Waals surface area contributed by atoms with Crippen molar-refractivity contribution in [3.63, 3.8) is 0 Å². The summed E-state index contributed by atoms with van der Waals surface area (Å²) < 4.78 is 1.18. The molecular formula is C34H25Cl2HfP. The maximum atomic E-state index is 2.56. The Kier molecular flexibility index (Phi) is 8.51. The molecule has 184 valence electrons. The molecule has 0 spiro atoms. The minimum Gasteiger partial charge on any atom is -1.00 e. The van der Waals surface area contributed by atoms with Crippen molar-refractivity contribution in [2.45, 2.75) is 7.35 Å². The van der Waals surface area contributed by atoms with Crippen molar-refractivity contribution in [3.8, 4) is 11.1 Å². The van der Waals surface area contributed by atoms with Crippen LogP contribution in [0.3, 0.4) is 0 Å². The molecule has 1 atom stereocenters. The molecule has 4 heteroatoms. The number of halogens is 2. The fraction of sp³-hybridized carbons (Fsp3) is 0.0588. The number of benzene rings is 5. The molecule has 38 heavy (non-hydrogen) atoms. The van der Waals surface area contributed by atoms with Crippen molar-refractivity contribution in [1.29, 1.82) is 0 Å². The normalized spacial score (nSPS) is 14.9. The van der Waals surface area contributed by atoms with Crippen molar-refractivity contribution in [3.05, 3.63) is 161 Å². The first-order chi connectivity index (χ1) is 17.9. The van der Waals surface area contributed by atoms with Crippen LogP contribution in [0.5, 0.6) is 0 Å². The average molecular weight is 714 g/mol. The van der Waals surface area contributed by atoms with Crippen LogP contribution in [0, 0.1) is 0 Å². The fourth-order valence-corrected chi connectivity index (χ4v) is 17.1. The van der Waals surface area contributed by atoms with Gasteiger partial charge in [-0.25, -0.2) is 0 Å². The van der Waals surface area contributed by atoms with E-state index in [-0.39, 0.29) is 24.8 Å². The molecular weight excluding hydrogens is 689 g/mol. The van der Waals surface area contributed by atoms with Gasteiger partial charge in [0.2, 0.25) is 0 Å². The van der Waals surface area contributed by atoms with Gasteiger partial charge >= 0.3 is 227 Å². The molecule has 0 radical (unpaired) electrons. The largest absolute Gasteiger partial charge is 1.00 e. The van der Waals surface area contributed by atoms with E-state index in [1.807, 2.05) is 0 Å². The van der Waals surface area contributed by atoms with Gasteiger partial charge in [0, 0.05) is 0 Å². The molecule has 0 amide bonds. The van der Waals surface area contributed by atoms with E-state index < -0.39 is 30.8 Å². The third-order valence-electron chi connectivity index (χ3n) is 7.36. The van der Waals surface area contributed by atoms with E-state index in [1.54, 1.807) is 22.0 Å². The third kappa shape index (κ3) is 4.80. The van der Waals surface area contributed by atoms with Gasteiger partial charge < -0.3 is 24.8 Å². The van der Waals surface area contributed by atoms with E-state index in [0.717, 1.165) is 0 Å². The van der Waals surface area contributed by atoms with Crippen LogP contribution in [-0.4, -0.2) is 0 Å². The number of allylic oxidation sites excluding steroid dienone is 1. The molecule has 0 bridgehead atoms. The first-order valence-corrected chi connectivity index (χ1v) is 18.0. The third-order valence-corrected chi connectivity index (χ3v) is 17.6. The van der Waals surface area contributed by atoms with Crippen molar-refractivity contribution in [2.75, 3.05) is 0 Å². The minimum absolute atomic E-state index is 0. The van der Waals surface area contributed by atoms with Gasteiger partial charge in [-0.1, -0.05) is 0 Å². The topological polar surface area (TPSA) is 0 Å². The molecule has 1 unspecified atom stereocenters. The van der Waals surface area contributed by atoms with Crippen molar-refractivity contribution < 1.29 is 47.7 Å². The first-order valence-electron chi connectivity index (χ1n) is 12.5. The first kappa shape index (κ1) is 27.3. The number of rotatable bonds is 5. The summed E-state index contributed by atoms with van der Waals surface area (Å²) >= 11 is -1.30. The second-order valence-corrected chi connectivity index (χ2v) is 17.0. The Morgan fingerprint density at radius 3 is 1.45 bits per heavy atom. The molecule has 0 saturated carbocycles. The van der Waals surface area contributed by atoms with Crippen LogP contribution in [0.1, 0.15) is 29.6 Å². The van der Waals surface area contributed by atoms with E-state index in [0.29, 0.717) is 7.35 Å². The Morgan fingerprint density at radius 2 is 0.895 bits per heavy atom. The molecule has 0 aromatic heterocycles. The van der Waals surface area contributed by atoms with Gasteiger partial charge in [-0.2, -0.15) is 0 Å². The van der Waals surface area contributed by atoms with Gasteiger partial charge in [0.05, 0.1) is 0 Å². The average Bonchev–Trinajstić information content (AvgIpc) is 3.46. The van der Waals surface area contributed by atoms with E-state index in [1.165, 1.54) is 27.3 Å². The van der Waals surface area contributed by atoms with Gasteiger partial charge in [0.25, 0.3) is 0 Å². The van der Waals surface area contributed by atoms with Gasteiger partial charge in [-0.15, -0.1) is 0 Å². The standard InChI is InChI=1S/C21H16P.C13H9.2ClH.Hf/c1-3-11-19(12-4-1)22(20-13-5-2-6-14-20)21-15-17-9-7-8-10-18(17)16-21;1-3-7-12-10(5-1)9-11-6-2-4-8-13(11)12;;;/h1-16H;1-9H;2*1H;/q;;;;+2/p-2. The summed E-state index contributed by atoms with van der Waals surface area (Å²) in [6.07, 6.45) is 2.56. The van der Waals surface area contributed by atoms with Crippen LogP contribution in [-0.2, 0) is 22.9 Å². The summed E-state index contributed by atoms with van der Waals surface area (Å²) in [5.41, 5.74) is 9.04. The molecule has 0 saturated heterocycles. The second kappa shape index (κ2) is 11.8. The van der Waals surface area contributed by atoms with E-state index in [2.05, 4.69) is 140 Å². The molecule has 0 nitrogen and oxygen atoms in total. The molecule has 7 rings (SSSR count). The van der Waals surface area contributed by atoms with Gasteiger partial charge in [0.1, 0.15) is 0 Å². The molecule has 0 N–H and O–H groups in total. The Bertz CT molecular complexity index is 1500. The smallest absolute Gasteiger partial charge is 1.00 e. The van der Waals surface area contributed by atoms with Gasteiger partial charge in [-0.05, 0) is 0 Å². The van der Waals surface area contributed by atoms with Crippen molar-refractivity contribution in [1.82, 2.24) is 0 Å². The van der Waals surface area contributed by atoms with E-state index >= 15 is 0 Å². The molecule has 2 aliphatic carbocycles. The summed E-state index contributed by atoms with van der Waals surface area (Å²) in [5.74, 6) is 0. The van der Waals surface area contributed by atoms with Crippen LogP contribution in [0.25, 0.3) is 17.2 Å². The predicted molar refractivity (Wildman–Crippen MR) is 150 cm³/mol. The Labute approximate surface area is 250 Å². The fourth-order valence-electron chi connectivity index (χ4n) is 5.78. The zero-order valence-corrected chi connectivity index (χ0v) is 26.6. The van der Waals surface area contributed by atoms with Gasteiger partial charge in [-0.3, -0.25) is 0 Å². The van der Waals surface area contributed by atoms with Crippen LogP contribution in [0.2, 0.25) is 0 Å². The SMILES string of the molecule is C1=C(P(c2ccccc2)c2ccccc2)[CH]([Hf+2][CH]2c3ccccc3-c3ccccc32)c2ccccc21.[Cl-].[Cl-]. The van der Waals surface area contributed by atoms with Crippen LogP contribution in [0.15, 0.2) is 139 Å². The summed E-state index contributed by atoms with van der Waals surface area (Å²) in [6.45, 7) is 0. The molecule has 0 fully saturated rings. The maximum Gasteiger partial charge on any atom is -1.00 e. The van der Waals surface area contributed by atoms with Crippen LogP contribution in [0.4, 0.5) is 0 Å². The monoisotopic (exact) mass is 714 g/mol. The molecule has 5 aromatic rings. The zero-order valence-electron chi connectivity index (χ0n) is 20.6. The second-order valence-electron chi connectivity index (χ2n) is 9.41. The van der Waals surface area contributed by atoms with E-state index in [4.69, 9.17) is 0 Å². The Hall–Kier alpha value is -2.28. The quantitative estimate of drug-likeness (QED) is 0.194. The molecule has 0 heterocycles. The van der Waals surface area contributed by atoms with Crippen molar-refractivity contribution in [2.24, 2.45) is 0 Å². The zero-order chi connectivity index (χ0) is 23.9. The minimum atomic E-state index is -1.30. The molecule has 2 aliphatic rings. The number of hydrogen-bond donors (Lipinski definition) is 0. The van der Waals surface area contributed by atoms with Gasteiger partial charge in [0.15, 0.2) is 0 Å². The van der Waals surface area contributed by atoms with Crippen LogP contribution >= 0.6 is 7.92 Å². The number of fused-ring (bicyclic) bond motifs is 4. The summed E-state index contributed by atoms with van der Waals surface area (Å²) in [4.78, 5) is 0. The maximum absolute atomic E-state index is 2.56. The Morgan fingerprint density at radius 1 is 0.447 bits per heavy atom. The number of hydrogen-bond acceptors (Lipinski definition) is 0. The predicted octanol–water partition coefficient (Wildman–Crippen LogP) is 2.08. The summed E-state index contributed by atoms with van der Waals surface area (Å²) in [5, 5.41) is 4.57. The summed E-state index contributed by atoms with van der Waals surface area (Å²) in [6, 6.07) is 50.0. The Balaban J connectivity index is 0.00000147. The molecule has 5 aromatic carbocycles. The van der Waals surface area contributed by atoms with Crippen LogP contribution < -0.4 is 35.4 Å². The summed E-state index contributed by atoms with van der Waals surface area (Å²) in [7, 11) is -0.583. The molecule has 0 aliphatic heterocycles. The van der Waals surface area contributed by atoms with Crippen molar-refractivity contribution >= 4 is 24.6 Å². The van der Waals surface area contributed by atoms with E-state index in [9.17, 15) is 0 Å².